The van der Waals surface area contributed by atoms with Crippen LogP contribution in [0.1, 0.15) is 18.1 Å². The molecule has 3 unspecified atom stereocenters. The van der Waals surface area contributed by atoms with Crippen molar-refractivity contribution in [3.8, 4) is 5.75 Å². The van der Waals surface area contributed by atoms with Crippen LogP contribution in [-0.2, 0) is 25.7 Å². The molecule has 16 heteroatoms. The maximum Gasteiger partial charge on any atom is 0.313 e. The SMILES string of the molecule is O=C(O)CCn1nnnc1SCC1(C(=O)O)CS[C@@H]2C(NC(=O)C(O)c3ccc(O)cc3)C(=O)N2C1. The van der Waals surface area contributed by atoms with E-state index in [9.17, 15) is 34.5 Å². The van der Waals surface area contributed by atoms with Crippen LogP contribution in [0.4, 0.5) is 0 Å². The van der Waals surface area contributed by atoms with Gasteiger partial charge in [-0.15, -0.1) is 16.9 Å². The second kappa shape index (κ2) is 10.3. The smallest absolute Gasteiger partial charge is 0.313 e. The van der Waals surface area contributed by atoms with Gasteiger partial charge in [-0.25, -0.2) is 4.68 Å². The van der Waals surface area contributed by atoms with Crippen molar-refractivity contribution in [2.75, 3.05) is 18.1 Å². The molecule has 0 aliphatic carbocycles. The molecular weight excluding hydrogens is 516 g/mol. The first-order chi connectivity index (χ1) is 17.1. The van der Waals surface area contributed by atoms with Crippen LogP contribution in [0.2, 0.25) is 0 Å². The molecule has 1 aromatic carbocycles. The molecule has 2 aliphatic heterocycles. The van der Waals surface area contributed by atoms with E-state index in [2.05, 4.69) is 20.8 Å². The van der Waals surface area contributed by atoms with Crippen LogP contribution in [0, 0.1) is 5.41 Å². The Kier molecular flexibility index (Phi) is 7.37. The lowest BCUT2D eigenvalue weighted by molar-refractivity contribution is -0.158. The molecule has 0 saturated carbocycles. The number of nitrogens with zero attached hydrogens (tertiary/aromatic N) is 5. The molecule has 14 nitrogen and oxygen atoms in total. The number of phenolic OH excluding ortho intramolecular Hbond substituents is 1. The lowest BCUT2D eigenvalue weighted by atomic mass is 9.89. The number of fused-ring (bicyclic) bond motifs is 1. The number of thioether (sulfide) groups is 2. The molecule has 0 spiro atoms. The largest absolute Gasteiger partial charge is 0.508 e. The van der Waals surface area contributed by atoms with E-state index in [1.807, 2.05) is 0 Å². The number of carboxylic acids is 2. The van der Waals surface area contributed by atoms with Crippen molar-refractivity contribution in [2.24, 2.45) is 5.41 Å². The van der Waals surface area contributed by atoms with Gasteiger partial charge >= 0.3 is 11.9 Å². The van der Waals surface area contributed by atoms with Crippen molar-refractivity contribution in [3.63, 3.8) is 0 Å². The van der Waals surface area contributed by atoms with Crippen molar-refractivity contribution in [1.82, 2.24) is 30.4 Å². The van der Waals surface area contributed by atoms with Gasteiger partial charge in [0.15, 0.2) is 6.10 Å². The lowest BCUT2D eigenvalue weighted by Crippen LogP contribution is -2.74. The van der Waals surface area contributed by atoms with Crippen LogP contribution < -0.4 is 5.32 Å². The first kappa shape index (κ1) is 25.7. The molecule has 2 aliphatic rings. The minimum Gasteiger partial charge on any atom is -0.508 e. The van der Waals surface area contributed by atoms with Crippen molar-refractivity contribution in [1.29, 1.82) is 0 Å². The number of aryl methyl sites for hydroxylation is 1. The van der Waals surface area contributed by atoms with Gasteiger partial charge in [-0.05, 0) is 28.1 Å². The molecule has 2 amide bonds. The summed E-state index contributed by atoms with van der Waals surface area (Å²) >= 11 is 2.28. The fourth-order valence-corrected chi connectivity index (χ4v) is 6.55. The van der Waals surface area contributed by atoms with Gasteiger partial charge in [0.2, 0.25) is 11.1 Å². The van der Waals surface area contributed by atoms with Gasteiger partial charge in [-0.3, -0.25) is 19.2 Å². The van der Waals surface area contributed by atoms with Crippen LogP contribution >= 0.6 is 23.5 Å². The summed E-state index contributed by atoms with van der Waals surface area (Å²) in [6, 6.07) is 4.53. The monoisotopic (exact) mass is 538 g/mol. The molecule has 2 saturated heterocycles. The minimum atomic E-state index is -1.54. The zero-order valence-electron chi connectivity index (χ0n) is 18.6. The van der Waals surface area contributed by atoms with Crippen LogP contribution in [0.3, 0.4) is 0 Å². The summed E-state index contributed by atoms with van der Waals surface area (Å²) in [5, 5.41) is 51.9. The number of nitrogens with one attached hydrogen (secondary N) is 1. The van der Waals surface area contributed by atoms with E-state index >= 15 is 0 Å². The number of carboxylic acid groups (broad SMARTS) is 2. The van der Waals surface area contributed by atoms with Gasteiger partial charge in [0.1, 0.15) is 22.6 Å². The summed E-state index contributed by atoms with van der Waals surface area (Å²) in [5.41, 5.74) is -1.07. The number of aliphatic carboxylic acids is 2. The molecule has 192 valence electrons. The molecule has 36 heavy (non-hydrogen) atoms. The number of tetrazole rings is 1. The van der Waals surface area contributed by atoms with Gasteiger partial charge in [0, 0.05) is 18.1 Å². The quantitative estimate of drug-likeness (QED) is 0.185. The summed E-state index contributed by atoms with van der Waals surface area (Å²) < 4.78 is 1.28. The summed E-state index contributed by atoms with van der Waals surface area (Å²) in [6.07, 6.45) is -1.74. The van der Waals surface area contributed by atoms with Gasteiger partial charge in [-0.2, -0.15) is 0 Å². The van der Waals surface area contributed by atoms with Gasteiger partial charge in [0.25, 0.3) is 5.91 Å². The number of rotatable bonds is 10. The number of aliphatic hydroxyl groups is 1. The molecular formula is C20H22N6O8S2. The van der Waals surface area contributed by atoms with E-state index in [1.54, 1.807) is 0 Å². The van der Waals surface area contributed by atoms with E-state index < -0.39 is 46.7 Å². The molecule has 0 bridgehead atoms. The van der Waals surface area contributed by atoms with Crippen LogP contribution in [-0.4, -0.2) is 98.8 Å². The van der Waals surface area contributed by atoms with E-state index in [4.69, 9.17) is 5.11 Å². The summed E-state index contributed by atoms with van der Waals surface area (Å²) in [7, 11) is 0. The van der Waals surface area contributed by atoms with Crippen molar-refractivity contribution in [3.05, 3.63) is 29.8 Å². The fraction of sp³-hybridized carbons (Fsp3) is 0.450. The van der Waals surface area contributed by atoms with E-state index in [0.29, 0.717) is 0 Å². The van der Waals surface area contributed by atoms with Gasteiger partial charge in [0.05, 0.1) is 13.0 Å². The first-order valence-corrected chi connectivity index (χ1v) is 12.7. The fourth-order valence-electron chi connectivity index (χ4n) is 3.79. The molecule has 5 N–H and O–H groups in total. The van der Waals surface area contributed by atoms with Crippen LogP contribution in [0.15, 0.2) is 29.4 Å². The number of aliphatic hydroxyl groups excluding tert-OH is 1. The molecule has 4 atom stereocenters. The minimum absolute atomic E-state index is 0.0217. The Balaban J connectivity index is 1.37. The highest BCUT2D eigenvalue weighted by Crippen LogP contribution is 2.44. The summed E-state index contributed by atoms with van der Waals surface area (Å²) in [4.78, 5) is 49.7. The molecule has 4 rings (SSSR count). The standard InChI is InChI=1S/C20H22N6O8S2/c27-11-3-1-10(2-4-11)14(30)15(31)21-13-16(32)25-7-20(18(33)34,8-35-17(13)25)9-36-19-22-23-24-26(19)6-5-12(28)29/h1-4,13-14,17,27,30H,5-9H2,(H,21,31)(H,28,29)(H,33,34)/t13?,14?,17-,20?/m1/s1. The number of hydrogen-bond acceptors (Lipinski definition) is 11. The van der Waals surface area contributed by atoms with Crippen molar-refractivity contribution in [2.45, 2.75) is 35.6 Å². The van der Waals surface area contributed by atoms with E-state index in [-0.39, 0.29) is 47.5 Å². The Bertz CT molecular complexity index is 1180. The predicted molar refractivity (Wildman–Crippen MR) is 124 cm³/mol. The normalized spacial score (nSPS) is 23.9. The van der Waals surface area contributed by atoms with Crippen LogP contribution in [0.5, 0.6) is 5.75 Å². The van der Waals surface area contributed by atoms with Gasteiger partial charge in [-0.1, -0.05) is 23.9 Å². The molecule has 2 aromatic rings. The number of amides is 2. The molecule has 1 aromatic heterocycles. The average molecular weight is 539 g/mol. The third-order valence-corrected chi connectivity index (χ3v) is 8.70. The van der Waals surface area contributed by atoms with E-state index in [1.165, 1.54) is 45.6 Å². The second-order valence-electron chi connectivity index (χ2n) is 8.35. The average Bonchev–Trinajstić information content (AvgIpc) is 3.31. The first-order valence-electron chi connectivity index (χ1n) is 10.6. The number of aromatic hydroxyl groups is 1. The number of β-lactam (4-membered cyclic amide) rings is 1. The third-order valence-electron chi connectivity index (χ3n) is 5.87. The van der Waals surface area contributed by atoms with Crippen molar-refractivity contribution >= 4 is 47.3 Å². The number of carbonyl (C=O) groups is 4. The Hall–Kier alpha value is -3.37. The summed E-state index contributed by atoms with van der Waals surface area (Å²) in [6.45, 7) is -0.0566. The number of hydrogen-bond donors (Lipinski definition) is 5. The highest BCUT2D eigenvalue weighted by atomic mass is 32.2. The zero-order valence-corrected chi connectivity index (χ0v) is 20.2. The number of phenols is 1. The Labute approximate surface area is 212 Å². The maximum atomic E-state index is 12.8. The third kappa shape index (κ3) is 5.10. The molecule has 2 fully saturated rings. The van der Waals surface area contributed by atoms with Crippen LogP contribution in [0.25, 0.3) is 0 Å². The Morgan fingerprint density at radius 3 is 2.64 bits per heavy atom. The highest BCUT2D eigenvalue weighted by Gasteiger charge is 2.57. The number of aromatic nitrogens is 4. The summed E-state index contributed by atoms with van der Waals surface area (Å²) in [5.74, 6) is -3.20. The zero-order chi connectivity index (χ0) is 26.0. The highest BCUT2D eigenvalue weighted by molar-refractivity contribution is 8.00. The van der Waals surface area contributed by atoms with Crippen molar-refractivity contribution < 1.29 is 39.6 Å². The maximum absolute atomic E-state index is 12.8. The van der Waals surface area contributed by atoms with E-state index in [0.717, 1.165) is 11.8 Å². The lowest BCUT2D eigenvalue weighted by Gasteiger charge is -2.53. The Morgan fingerprint density at radius 1 is 1.25 bits per heavy atom. The number of carbonyl (C=O) groups excluding carboxylic acids is 2. The second-order valence-corrected chi connectivity index (χ2v) is 10.4. The Morgan fingerprint density at radius 2 is 1.97 bits per heavy atom. The topological polar surface area (TPSA) is 208 Å². The predicted octanol–water partition coefficient (Wildman–Crippen LogP) is -0.850. The molecule has 3 heterocycles. The van der Waals surface area contributed by atoms with Gasteiger partial charge < -0.3 is 30.6 Å². The molecule has 0 radical (unpaired) electrons. The number of benzene rings is 1.